The number of amides is 1. The SMILES string of the molecule is COC(=O)c1c(NC(=O)COC(=O)c2cnc(C)cn2)sc2c1CCCC2. The van der Waals surface area contributed by atoms with Gasteiger partial charge in [-0.05, 0) is 38.2 Å². The molecule has 8 nitrogen and oxygen atoms in total. The lowest BCUT2D eigenvalue weighted by Gasteiger charge is -2.11. The van der Waals surface area contributed by atoms with Crippen molar-refractivity contribution in [2.75, 3.05) is 19.0 Å². The Kier molecular flexibility index (Phi) is 5.80. The average Bonchev–Trinajstić information content (AvgIpc) is 3.03. The van der Waals surface area contributed by atoms with E-state index in [2.05, 4.69) is 15.3 Å². The van der Waals surface area contributed by atoms with E-state index in [4.69, 9.17) is 9.47 Å². The second-order valence-corrected chi connectivity index (χ2v) is 7.18. The summed E-state index contributed by atoms with van der Waals surface area (Å²) in [5.74, 6) is -1.75. The Hall–Kier alpha value is -2.81. The maximum Gasteiger partial charge on any atom is 0.359 e. The summed E-state index contributed by atoms with van der Waals surface area (Å²) in [7, 11) is 1.31. The van der Waals surface area contributed by atoms with Gasteiger partial charge in [0.2, 0.25) is 0 Å². The smallest absolute Gasteiger partial charge is 0.359 e. The average molecular weight is 389 g/mol. The molecule has 2 aromatic heterocycles. The van der Waals surface area contributed by atoms with E-state index in [9.17, 15) is 14.4 Å². The van der Waals surface area contributed by atoms with Crippen LogP contribution in [-0.2, 0) is 27.1 Å². The summed E-state index contributed by atoms with van der Waals surface area (Å²) in [6.07, 6.45) is 6.44. The summed E-state index contributed by atoms with van der Waals surface area (Å²) in [5, 5.41) is 3.10. The van der Waals surface area contributed by atoms with Gasteiger partial charge in [-0.25, -0.2) is 14.6 Å². The molecule has 0 aliphatic heterocycles. The Labute approximate surface area is 159 Å². The van der Waals surface area contributed by atoms with Gasteiger partial charge < -0.3 is 14.8 Å². The summed E-state index contributed by atoms with van der Waals surface area (Å²) in [4.78, 5) is 45.2. The fourth-order valence-electron chi connectivity index (χ4n) is 2.84. The van der Waals surface area contributed by atoms with Gasteiger partial charge in [-0.1, -0.05) is 0 Å². The van der Waals surface area contributed by atoms with Crippen LogP contribution in [0.25, 0.3) is 0 Å². The molecule has 1 aliphatic rings. The van der Waals surface area contributed by atoms with E-state index in [1.165, 1.54) is 30.8 Å². The zero-order valence-corrected chi connectivity index (χ0v) is 15.9. The molecule has 0 atom stereocenters. The summed E-state index contributed by atoms with van der Waals surface area (Å²) in [6.45, 7) is 1.26. The van der Waals surface area contributed by atoms with Gasteiger partial charge in [-0.3, -0.25) is 9.78 Å². The first-order chi connectivity index (χ1) is 13.0. The van der Waals surface area contributed by atoms with Gasteiger partial charge in [0.15, 0.2) is 12.3 Å². The number of methoxy groups -OCH3 is 1. The number of carbonyl (C=O) groups excluding carboxylic acids is 3. The first kappa shape index (κ1) is 19.0. The number of hydrogen-bond donors (Lipinski definition) is 1. The highest BCUT2D eigenvalue weighted by Crippen LogP contribution is 2.38. The third kappa shape index (κ3) is 4.30. The van der Waals surface area contributed by atoms with E-state index in [0.29, 0.717) is 16.3 Å². The van der Waals surface area contributed by atoms with E-state index in [1.54, 1.807) is 6.92 Å². The molecule has 1 aliphatic carbocycles. The van der Waals surface area contributed by atoms with Crippen LogP contribution in [0.3, 0.4) is 0 Å². The minimum absolute atomic E-state index is 0.0234. The van der Waals surface area contributed by atoms with Gasteiger partial charge in [0.1, 0.15) is 5.00 Å². The summed E-state index contributed by atoms with van der Waals surface area (Å²) in [5.41, 5.74) is 2.04. The highest BCUT2D eigenvalue weighted by molar-refractivity contribution is 7.17. The summed E-state index contributed by atoms with van der Waals surface area (Å²) in [6, 6.07) is 0. The molecule has 9 heteroatoms. The molecular weight excluding hydrogens is 370 g/mol. The van der Waals surface area contributed by atoms with Crippen LogP contribution in [0.4, 0.5) is 5.00 Å². The van der Waals surface area contributed by atoms with Gasteiger partial charge in [-0.15, -0.1) is 11.3 Å². The van der Waals surface area contributed by atoms with E-state index in [-0.39, 0.29) is 5.69 Å². The Morgan fingerprint density at radius 1 is 1.15 bits per heavy atom. The van der Waals surface area contributed by atoms with Crippen LogP contribution >= 0.6 is 11.3 Å². The highest BCUT2D eigenvalue weighted by atomic mass is 32.1. The summed E-state index contributed by atoms with van der Waals surface area (Å²) < 4.78 is 9.83. The van der Waals surface area contributed by atoms with Gasteiger partial charge >= 0.3 is 11.9 Å². The van der Waals surface area contributed by atoms with Crippen molar-refractivity contribution in [2.24, 2.45) is 0 Å². The van der Waals surface area contributed by atoms with Crippen LogP contribution < -0.4 is 5.32 Å². The van der Waals surface area contributed by atoms with E-state index < -0.39 is 24.5 Å². The van der Waals surface area contributed by atoms with Crippen molar-refractivity contribution in [3.05, 3.63) is 39.8 Å². The number of nitrogens with zero attached hydrogens (tertiary/aromatic N) is 2. The Morgan fingerprint density at radius 3 is 2.63 bits per heavy atom. The number of ether oxygens (including phenoxy) is 2. The molecule has 0 spiro atoms. The zero-order valence-electron chi connectivity index (χ0n) is 15.0. The minimum Gasteiger partial charge on any atom is -0.465 e. The van der Waals surface area contributed by atoms with Crippen molar-refractivity contribution >= 4 is 34.2 Å². The Morgan fingerprint density at radius 2 is 1.93 bits per heavy atom. The molecule has 2 heterocycles. The van der Waals surface area contributed by atoms with Crippen LogP contribution in [0.2, 0.25) is 0 Å². The van der Waals surface area contributed by atoms with E-state index >= 15 is 0 Å². The molecule has 0 fully saturated rings. The number of fused-ring (bicyclic) bond motifs is 1. The largest absolute Gasteiger partial charge is 0.465 e. The molecule has 2 aromatic rings. The fraction of sp³-hybridized carbons (Fsp3) is 0.389. The van der Waals surface area contributed by atoms with Crippen LogP contribution in [-0.4, -0.2) is 41.5 Å². The van der Waals surface area contributed by atoms with Crippen LogP contribution in [0.15, 0.2) is 12.4 Å². The molecule has 142 valence electrons. The Bertz CT molecular complexity index is 876. The van der Waals surface area contributed by atoms with Crippen molar-refractivity contribution < 1.29 is 23.9 Å². The molecule has 0 unspecified atom stereocenters. The van der Waals surface area contributed by atoms with Crippen molar-refractivity contribution in [1.29, 1.82) is 0 Å². The minimum atomic E-state index is -0.740. The molecule has 0 aromatic carbocycles. The normalized spacial score (nSPS) is 12.8. The van der Waals surface area contributed by atoms with E-state index in [1.807, 2.05) is 0 Å². The first-order valence-electron chi connectivity index (χ1n) is 8.48. The maximum absolute atomic E-state index is 12.2. The van der Waals surface area contributed by atoms with Crippen LogP contribution in [0.5, 0.6) is 0 Å². The second-order valence-electron chi connectivity index (χ2n) is 6.07. The van der Waals surface area contributed by atoms with Crippen LogP contribution in [0, 0.1) is 6.92 Å². The van der Waals surface area contributed by atoms with Crippen molar-refractivity contribution in [3.63, 3.8) is 0 Å². The molecule has 1 amide bonds. The summed E-state index contributed by atoms with van der Waals surface area (Å²) >= 11 is 1.37. The number of anilines is 1. The zero-order chi connectivity index (χ0) is 19.4. The number of thiophene rings is 1. The van der Waals surface area contributed by atoms with Crippen molar-refractivity contribution in [1.82, 2.24) is 9.97 Å². The predicted octanol–water partition coefficient (Wildman–Crippen LogP) is 2.31. The number of carbonyl (C=O) groups is 3. The third-order valence-corrected chi connectivity index (χ3v) is 5.35. The molecule has 0 saturated carbocycles. The van der Waals surface area contributed by atoms with E-state index in [0.717, 1.165) is 36.1 Å². The number of rotatable bonds is 5. The monoisotopic (exact) mass is 389 g/mol. The number of hydrogen-bond acceptors (Lipinski definition) is 8. The second kappa shape index (κ2) is 8.26. The highest BCUT2D eigenvalue weighted by Gasteiger charge is 2.27. The Balaban J connectivity index is 1.67. The third-order valence-electron chi connectivity index (χ3n) is 4.14. The predicted molar refractivity (Wildman–Crippen MR) is 98.0 cm³/mol. The van der Waals surface area contributed by atoms with Crippen molar-refractivity contribution in [3.8, 4) is 0 Å². The molecule has 3 rings (SSSR count). The number of nitrogens with one attached hydrogen (secondary N) is 1. The first-order valence-corrected chi connectivity index (χ1v) is 9.29. The standard InChI is InChI=1S/C18H19N3O5S/c1-10-7-20-12(8-19-10)17(23)26-9-14(22)21-16-15(18(24)25-2)11-5-3-4-6-13(11)27-16/h7-8H,3-6,9H2,1-2H3,(H,21,22). The molecular formula is C18H19N3O5S. The molecule has 0 radical (unpaired) electrons. The topological polar surface area (TPSA) is 107 Å². The molecule has 0 saturated heterocycles. The number of esters is 2. The molecule has 0 bridgehead atoms. The maximum atomic E-state index is 12.2. The lowest BCUT2D eigenvalue weighted by atomic mass is 9.95. The quantitative estimate of drug-likeness (QED) is 0.782. The lowest BCUT2D eigenvalue weighted by Crippen LogP contribution is -2.22. The number of aromatic nitrogens is 2. The lowest BCUT2D eigenvalue weighted by molar-refractivity contribution is -0.119. The number of aryl methyl sites for hydroxylation is 2. The van der Waals surface area contributed by atoms with Gasteiger partial charge in [0.25, 0.3) is 5.91 Å². The van der Waals surface area contributed by atoms with Gasteiger partial charge in [-0.2, -0.15) is 0 Å². The van der Waals surface area contributed by atoms with Gasteiger partial charge in [0.05, 0.1) is 24.6 Å². The van der Waals surface area contributed by atoms with Crippen molar-refractivity contribution in [2.45, 2.75) is 32.6 Å². The fourth-order valence-corrected chi connectivity index (χ4v) is 4.13. The van der Waals surface area contributed by atoms with Gasteiger partial charge in [0, 0.05) is 11.1 Å². The van der Waals surface area contributed by atoms with Crippen LogP contribution in [0.1, 0.15) is 49.8 Å². The molecule has 27 heavy (non-hydrogen) atoms. The molecule has 1 N–H and O–H groups in total.